The molecule has 0 bridgehead atoms. The zero-order valence-electron chi connectivity index (χ0n) is 11.6. The number of aromatic nitrogens is 3. The van der Waals surface area contributed by atoms with Crippen LogP contribution in [-0.4, -0.2) is 27.4 Å². The molecule has 20 heavy (non-hydrogen) atoms. The smallest absolute Gasteiger partial charge is 0.270 e. The van der Waals surface area contributed by atoms with Gasteiger partial charge in [0.1, 0.15) is 11.5 Å². The summed E-state index contributed by atoms with van der Waals surface area (Å²) < 4.78 is 0. The van der Waals surface area contributed by atoms with E-state index in [1.165, 1.54) is 0 Å². The summed E-state index contributed by atoms with van der Waals surface area (Å²) in [5.41, 5.74) is 1.94. The molecule has 0 aromatic carbocycles. The molecule has 6 nitrogen and oxygen atoms in total. The van der Waals surface area contributed by atoms with Crippen molar-refractivity contribution in [2.45, 2.75) is 20.4 Å². The van der Waals surface area contributed by atoms with E-state index in [0.29, 0.717) is 23.8 Å². The van der Waals surface area contributed by atoms with E-state index in [9.17, 15) is 4.79 Å². The third kappa shape index (κ3) is 3.74. The van der Waals surface area contributed by atoms with E-state index in [0.717, 1.165) is 12.2 Å². The van der Waals surface area contributed by atoms with Crippen LogP contribution in [0.4, 0.5) is 5.82 Å². The van der Waals surface area contributed by atoms with Crippen LogP contribution in [0.3, 0.4) is 0 Å². The van der Waals surface area contributed by atoms with Crippen LogP contribution in [0.25, 0.3) is 0 Å². The van der Waals surface area contributed by atoms with Crippen molar-refractivity contribution in [3.63, 3.8) is 0 Å². The molecule has 104 valence electrons. The van der Waals surface area contributed by atoms with Crippen molar-refractivity contribution < 1.29 is 4.79 Å². The summed E-state index contributed by atoms with van der Waals surface area (Å²) in [7, 11) is 0. The van der Waals surface area contributed by atoms with E-state index >= 15 is 0 Å². The second kappa shape index (κ2) is 6.60. The van der Waals surface area contributed by atoms with Crippen molar-refractivity contribution in [2.75, 3.05) is 11.9 Å². The van der Waals surface area contributed by atoms with Crippen LogP contribution < -0.4 is 10.6 Å². The fourth-order valence-electron chi connectivity index (χ4n) is 1.61. The maximum absolute atomic E-state index is 12.0. The number of anilines is 1. The summed E-state index contributed by atoms with van der Waals surface area (Å²) in [5, 5.41) is 5.84. The van der Waals surface area contributed by atoms with Gasteiger partial charge in [-0.05, 0) is 26.0 Å². The van der Waals surface area contributed by atoms with E-state index in [1.54, 1.807) is 24.5 Å². The maximum Gasteiger partial charge on any atom is 0.270 e. The molecule has 0 spiro atoms. The second-order valence-corrected chi connectivity index (χ2v) is 4.27. The lowest BCUT2D eigenvalue weighted by Gasteiger charge is -2.06. The van der Waals surface area contributed by atoms with Gasteiger partial charge in [-0.15, -0.1) is 0 Å². The average Bonchev–Trinajstić information content (AvgIpc) is 2.47. The monoisotopic (exact) mass is 271 g/mol. The van der Waals surface area contributed by atoms with Gasteiger partial charge in [-0.2, -0.15) is 0 Å². The topological polar surface area (TPSA) is 79.8 Å². The molecule has 0 unspecified atom stereocenters. The fraction of sp³-hybridized carbons (Fsp3) is 0.286. The third-order valence-corrected chi connectivity index (χ3v) is 2.60. The molecule has 0 fully saturated rings. The Hall–Kier alpha value is -2.50. The minimum Gasteiger partial charge on any atom is -0.370 e. The molecule has 2 aromatic rings. The van der Waals surface area contributed by atoms with E-state index in [-0.39, 0.29) is 5.91 Å². The van der Waals surface area contributed by atoms with E-state index in [4.69, 9.17) is 0 Å². The number of carbonyl (C=O) groups excluding carboxylic acids is 1. The Labute approximate surface area is 117 Å². The number of hydrogen-bond donors (Lipinski definition) is 2. The summed E-state index contributed by atoms with van der Waals surface area (Å²) >= 11 is 0. The number of nitrogens with one attached hydrogen (secondary N) is 2. The predicted molar refractivity (Wildman–Crippen MR) is 76.3 cm³/mol. The first-order valence-corrected chi connectivity index (χ1v) is 6.45. The van der Waals surface area contributed by atoms with Gasteiger partial charge in [0, 0.05) is 12.7 Å². The lowest BCUT2D eigenvalue weighted by atomic mass is 10.3. The van der Waals surface area contributed by atoms with Gasteiger partial charge in [-0.1, -0.05) is 6.07 Å². The minimum atomic E-state index is -0.230. The van der Waals surface area contributed by atoms with Crippen LogP contribution in [0.1, 0.15) is 28.8 Å². The molecule has 0 radical (unpaired) electrons. The zero-order valence-corrected chi connectivity index (χ0v) is 11.6. The number of carbonyl (C=O) groups is 1. The van der Waals surface area contributed by atoms with Crippen molar-refractivity contribution in [3.05, 3.63) is 47.7 Å². The van der Waals surface area contributed by atoms with Crippen LogP contribution in [0, 0.1) is 6.92 Å². The zero-order chi connectivity index (χ0) is 14.4. The second-order valence-electron chi connectivity index (χ2n) is 4.27. The first-order valence-electron chi connectivity index (χ1n) is 6.45. The van der Waals surface area contributed by atoms with Gasteiger partial charge in [0.15, 0.2) is 0 Å². The highest BCUT2D eigenvalue weighted by Crippen LogP contribution is 2.04. The Balaban J connectivity index is 1.97. The maximum atomic E-state index is 12.0. The molecule has 0 saturated heterocycles. The van der Waals surface area contributed by atoms with Gasteiger partial charge in [0.05, 0.1) is 24.1 Å². The number of rotatable bonds is 5. The van der Waals surface area contributed by atoms with Gasteiger partial charge in [-0.3, -0.25) is 14.8 Å². The number of amides is 1. The molecule has 2 rings (SSSR count). The van der Waals surface area contributed by atoms with Crippen molar-refractivity contribution in [1.29, 1.82) is 0 Å². The highest BCUT2D eigenvalue weighted by Gasteiger charge is 2.08. The van der Waals surface area contributed by atoms with Crippen LogP contribution in [0.2, 0.25) is 0 Å². The molecule has 6 heteroatoms. The standard InChI is InChI=1S/C14H17N5O/c1-3-15-13-6-4-5-12(19-13)14(20)18-9-11-8-16-10(2)7-17-11/h4-8H,3,9H2,1-2H3,(H,15,19)(H,18,20). The molecule has 0 aliphatic carbocycles. The molecule has 0 saturated carbocycles. The summed E-state index contributed by atoms with van der Waals surface area (Å²) in [6.07, 6.45) is 3.32. The quantitative estimate of drug-likeness (QED) is 0.862. The fourth-order valence-corrected chi connectivity index (χ4v) is 1.61. The molecule has 0 aliphatic heterocycles. The molecular formula is C14H17N5O. The Bertz CT molecular complexity index is 582. The van der Waals surface area contributed by atoms with Gasteiger partial charge in [0.25, 0.3) is 5.91 Å². The number of nitrogens with zero attached hydrogens (tertiary/aromatic N) is 3. The van der Waals surface area contributed by atoms with Gasteiger partial charge >= 0.3 is 0 Å². The summed E-state index contributed by atoms with van der Waals surface area (Å²) in [4.78, 5) is 24.5. The normalized spacial score (nSPS) is 10.1. The van der Waals surface area contributed by atoms with Gasteiger partial charge < -0.3 is 10.6 Å². The molecule has 2 aromatic heterocycles. The minimum absolute atomic E-state index is 0.230. The molecule has 2 N–H and O–H groups in total. The van der Waals surface area contributed by atoms with Crippen LogP contribution in [0.5, 0.6) is 0 Å². The summed E-state index contributed by atoms with van der Waals surface area (Å²) in [5.74, 6) is 0.461. The third-order valence-electron chi connectivity index (χ3n) is 2.60. The van der Waals surface area contributed by atoms with Crippen LogP contribution >= 0.6 is 0 Å². The lowest BCUT2D eigenvalue weighted by molar-refractivity contribution is 0.0945. The number of pyridine rings is 1. The molecule has 0 aliphatic rings. The number of hydrogen-bond acceptors (Lipinski definition) is 5. The Morgan fingerprint density at radius 1 is 1.25 bits per heavy atom. The lowest BCUT2D eigenvalue weighted by Crippen LogP contribution is -2.24. The van der Waals surface area contributed by atoms with Gasteiger partial charge in [-0.25, -0.2) is 4.98 Å². The summed E-state index contributed by atoms with van der Waals surface area (Å²) in [6, 6.07) is 5.30. The largest absolute Gasteiger partial charge is 0.370 e. The highest BCUT2D eigenvalue weighted by atomic mass is 16.1. The molecule has 0 atom stereocenters. The predicted octanol–water partition coefficient (Wildman–Crippen LogP) is 1.54. The SMILES string of the molecule is CCNc1cccc(C(=O)NCc2cnc(C)cn2)n1. The van der Waals surface area contributed by atoms with Crippen molar-refractivity contribution in [3.8, 4) is 0 Å². The summed E-state index contributed by atoms with van der Waals surface area (Å²) in [6.45, 7) is 4.94. The first kappa shape index (κ1) is 13.9. The van der Waals surface area contributed by atoms with E-state index in [1.807, 2.05) is 19.9 Å². The Kier molecular flexibility index (Phi) is 4.60. The number of aryl methyl sites for hydroxylation is 1. The van der Waals surface area contributed by atoms with Crippen LogP contribution in [-0.2, 0) is 6.54 Å². The van der Waals surface area contributed by atoms with Crippen molar-refractivity contribution in [2.24, 2.45) is 0 Å². The van der Waals surface area contributed by atoms with E-state index < -0.39 is 0 Å². The van der Waals surface area contributed by atoms with Gasteiger partial charge in [0.2, 0.25) is 0 Å². The Morgan fingerprint density at radius 3 is 2.80 bits per heavy atom. The van der Waals surface area contributed by atoms with Crippen LogP contribution in [0.15, 0.2) is 30.6 Å². The van der Waals surface area contributed by atoms with Crippen molar-refractivity contribution >= 4 is 11.7 Å². The molecule has 1 amide bonds. The average molecular weight is 271 g/mol. The highest BCUT2D eigenvalue weighted by molar-refractivity contribution is 5.92. The first-order chi connectivity index (χ1) is 9.69. The molecule has 2 heterocycles. The van der Waals surface area contributed by atoms with Crippen molar-refractivity contribution in [1.82, 2.24) is 20.3 Å². The van der Waals surface area contributed by atoms with E-state index in [2.05, 4.69) is 25.6 Å². The molecular weight excluding hydrogens is 254 g/mol. The Morgan fingerprint density at radius 2 is 2.10 bits per heavy atom.